The van der Waals surface area contributed by atoms with E-state index >= 15 is 0 Å². The number of carbonyl (C=O) groups excluding carboxylic acids is 2. The molecule has 0 saturated carbocycles. The third-order valence-corrected chi connectivity index (χ3v) is 7.95. The van der Waals surface area contributed by atoms with Crippen LogP contribution in [0.2, 0.25) is 0 Å². The number of carbonyl (C=O) groups is 2. The van der Waals surface area contributed by atoms with Crippen molar-refractivity contribution in [1.82, 2.24) is 9.88 Å². The highest BCUT2D eigenvalue weighted by Crippen LogP contribution is 2.28. The van der Waals surface area contributed by atoms with Gasteiger partial charge in [-0.1, -0.05) is 12.1 Å². The summed E-state index contributed by atoms with van der Waals surface area (Å²) in [5.74, 6) is -0.673. The minimum Gasteiger partial charge on any atom is -0.439 e. The van der Waals surface area contributed by atoms with Gasteiger partial charge in [0, 0.05) is 61.9 Å². The number of sulfonamides is 1. The molecule has 0 radical (unpaired) electrons. The van der Waals surface area contributed by atoms with Crippen molar-refractivity contribution in [2.75, 3.05) is 39.6 Å². The number of ether oxygens (including phenoxy) is 1. The zero-order valence-corrected chi connectivity index (χ0v) is 26.6. The van der Waals surface area contributed by atoms with Crippen molar-refractivity contribution >= 4 is 44.7 Å². The number of halogens is 2. The maximum absolute atomic E-state index is 14.2. The molecule has 4 aromatic rings. The molecule has 1 saturated heterocycles. The van der Waals surface area contributed by atoms with Crippen LogP contribution in [-0.4, -0.2) is 55.6 Å². The summed E-state index contributed by atoms with van der Waals surface area (Å²) in [6.07, 6.45) is 4.04. The van der Waals surface area contributed by atoms with Crippen LogP contribution in [0.5, 0.6) is 11.6 Å². The van der Waals surface area contributed by atoms with Crippen LogP contribution >= 0.6 is 0 Å². The Morgan fingerprint density at radius 2 is 1.68 bits per heavy atom. The van der Waals surface area contributed by atoms with Crippen molar-refractivity contribution in [2.24, 2.45) is 0 Å². The van der Waals surface area contributed by atoms with E-state index in [1.165, 1.54) is 36.1 Å². The van der Waals surface area contributed by atoms with E-state index in [4.69, 9.17) is 4.74 Å². The second kappa shape index (κ2) is 14.6. The number of pyridine rings is 1. The summed E-state index contributed by atoms with van der Waals surface area (Å²) in [5.41, 5.74) is 2.01. The van der Waals surface area contributed by atoms with Crippen LogP contribution in [0.4, 0.5) is 36.3 Å². The molecule has 0 aliphatic carbocycles. The average molecular weight is 665 g/mol. The van der Waals surface area contributed by atoms with Gasteiger partial charge in [-0.2, -0.15) is 0 Å². The Balaban J connectivity index is 1.20. The topological polar surface area (TPSA) is 133 Å². The van der Waals surface area contributed by atoms with Gasteiger partial charge in [0.25, 0.3) is 0 Å². The molecule has 1 aromatic heterocycles. The number of rotatable bonds is 10. The fourth-order valence-electron chi connectivity index (χ4n) is 5.28. The molecule has 1 aliphatic rings. The number of hydrogen-bond acceptors (Lipinski definition) is 7. The smallest absolute Gasteiger partial charge is 0.326 e. The zero-order chi connectivity index (χ0) is 33.6. The first-order valence-corrected chi connectivity index (χ1v) is 16.7. The van der Waals surface area contributed by atoms with Crippen LogP contribution in [0.15, 0.2) is 85.1 Å². The summed E-state index contributed by atoms with van der Waals surface area (Å²) in [6, 6.07) is 19.1. The Morgan fingerprint density at radius 1 is 0.957 bits per heavy atom. The van der Waals surface area contributed by atoms with E-state index in [-0.39, 0.29) is 17.4 Å². The predicted molar refractivity (Wildman–Crippen MR) is 176 cm³/mol. The number of aromatic nitrogens is 1. The van der Waals surface area contributed by atoms with Gasteiger partial charge in [-0.3, -0.25) is 19.3 Å². The van der Waals surface area contributed by atoms with Gasteiger partial charge in [0.1, 0.15) is 17.4 Å². The molecule has 0 spiro atoms. The van der Waals surface area contributed by atoms with Gasteiger partial charge in [0.15, 0.2) is 0 Å². The van der Waals surface area contributed by atoms with E-state index in [0.29, 0.717) is 55.5 Å². The highest BCUT2D eigenvalue weighted by atomic mass is 32.2. The molecule has 0 atom stereocenters. The first kappa shape index (κ1) is 33.3. The third kappa shape index (κ3) is 9.47. The number of likely N-dealkylation sites (tertiary alicyclic amines) is 1. The monoisotopic (exact) mass is 664 g/mol. The van der Waals surface area contributed by atoms with Crippen molar-refractivity contribution in [2.45, 2.75) is 32.4 Å². The quantitative estimate of drug-likeness (QED) is 0.184. The van der Waals surface area contributed by atoms with Crippen LogP contribution in [0, 0.1) is 11.6 Å². The lowest BCUT2D eigenvalue weighted by Gasteiger charge is -2.38. The molecule has 47 heavy (non-hydrogen) atoms. The number of nitrogens with one attached hydrogen (secondary N) is 3. The van der Waals surface area contributed by atoms with Gasteiger partial charge in [0.2, 0.25) is 21.8 Å². The number of piperidine rings is 1. The summed E-state index contributed by atoms with van der Waals surface area (Å²) in [4.78, 5) is 33.2. The van der Waals surface area contributed by atoms with Crippen molar-refractivity contribution < 1.29 is 31.5 Å². The van der Waals surface area contributed by atoms with Crippen molar-refractivity contribution in [3.05, 3.63) is 102 Å². The van der Waals surface area contributed by atoms with Crippen molar-refractivity contribution in [3.63, 3.8) is 0 Å². The standard InChI is InChI=1S/C33H34F2N6O5S/c1-22(42)37-31-19-26(9-12-30(31)35)38-33(43)41(28-5-3-4-24(34)18-28)27-14-16-40(17-15-27)21-23-6-13-32(36-20-23)46-29-10-7-25(8-11-29)39-47(2,44)45/h3-13,18-20,27,39H,14-17,21H2,1-2H3,(H,37,42)(H,38,43). The van der Waals surface area contributed by atoms with Crippen LogP contribution < -0.4 is 25.0 Å². The minimum atomic E-state index is -3.37. The highest BCUT2D eigenvalue weighted by Gasteiger charge is 2.30. The van der Waals surface area contributed by atoms with Crippen LogP contribution in [0.25, 0.3) is 0 Å². The highest BCUT2D eigenvalue weighted by molar-refractivity contribution is 7.92. The molecule has 0 unspecified atom stereocenters. The Labute approximate surface area is 271 Å². The molecular weight excluding hydrogens is 630 g/mol. The fourth-order valence-corrected chi connectivity index (χ4v) is 5.84. The zero-order valence-electron chi connectivity index (χ0n) is 25.7. The molecule has 11 nitrogen and oxygen atoms in total. The van der Waals surface area contributed by atoms with Gasteiger partial charge < -0.3 is 15.4 Å². The lowest BCUT2D eigenvalue weighted by molar-refractivity contribution is -0.114. The van der Waals surface area contributed by atoms with E-state index in [1.54, 1.807) is 48.7 Å². The van der Waals surface area contributed by atoms with Crippen LogP contribution in [0.3, 0.4) is 0 Å². The van der Waals surface area contributed by atoms with Crippen LogP contribution in [0.1, 0.15) is 25.3 Å². The summed E-state index contributed by atoms with van der Waals surface area (Å²) < 4.78 is 59.4. The minimum absolute atomic E-state index is 0.0619. The number of benzene rings is 3. The number of urea groups is 1. The Hall–Kier alpha value is -5.08. The molecular formula is C33H34F2N6O5S. The maximum atomic E-state index is 14.2. The average Bonchev–Trinajstić information content (AvgIpc) is 3.01. The molecule has 0 bridgehead atoms. The van der Waals surface area contributed by atoms with E-state index in [0.717, 1.165) is 17.9 Å². The van der Waals surface area contributed by atoms with Gasteiger partial charge in [-0.05, 0) is 79.1 Å². The largest absolute Gasteiger partial charge is 0.439 e. The first-order chi connectivity index (χ1) is 22.4. The van der Waals surface area contributed by atoms with E-state index < -0.39 is 33.6 Å². The summed E-state index contributed by atoms with van der Waals surface area (Å²) in [6.45, 7) is 3.22. The molecule has 14 heteroatoms. The van der Waals surface area contributed by atoms with E-state index in [2.05, 4.69) is 25.2 Å². The van der Waals surface area contributed by atoms with Crippen molar-refractivity contribution in [3.8, 4) is 11.6 Å². The Bertz CT molecular complexity index is 1830. The fraction of sp³-hybridized carbons (Fsp3) is 0.242. The van der Waals surface area contributed by atoms with E-state index in [1.807, 2.05) is 6.07 Å². The number of amides is 3. The first-order valence-electron chi connectivity index (χ1n) is 14.8. The summed E-state index contributed by atoms with van der Waals surface area (Å²) in [7, 11) is -3.37. The lowest BCUT2D eigenvalue weighted by Crippen LogP contribution is -2.49. The molecule has 3 amide bonds. The Morgan fingerprint density at radius 3 is 2.32 bits per heavy atom. The normalized spacial score (nSPS) is 13.9. The lowest BCUT2D eigenvalue weighted by atomic mass is 10.0. The number of nitrogens with zero attached hydrogens (tertiary/aromatic N) is 3. The Kier molecular flexibility index (Phi) is 10.3. The van der Waals surface area contributed by atoms with Gasteiger partial charge in [0.05, 0.1) is 11.9 Å². The molecule has 5 rings (SSSR count). The molecule has 3 aromatic carbocycles. The van der Waals surface area contributed by atoms with Gasteiger partial charge in [-0.15, -0.1) is 0 Å². The van der Waals surface area contributed by atoms with Crippen LogP contribution in [-0.2, 0) is 21.4 Å². The third-order valence-electron chi connectivity index (χ3n) is 7.34. The number of hydrogen-bond donors (Lipinski definition) is 3. The molecule has 3 N–H and O–H groups in total. The van der Waals surface area contributed by atoms with Gasteiger partial charge >= 0.3 is 6.03 Å². The SMILES string of the molecule is CC(=O)Nc1cc(NC(=O)N(c2cccc(F)c2)C2CCN(Cc3ccc(Oc4ccc(NS(C)(=O)=O)cc4)nc3)CC2)ccc1F. The maximum Gasteiger partial charge on any atom is 0.326 e. The molecule has 2 heterocycles. The second-order valence-electron chi connectivity index (χ2n) is 11.2. The molecule has 1 aliphatic heterocycles. The molecule has 1 fully saturated rings. The van der Waals surface area contributed by atoms with Gasteiger partial charge in [-0.25, -0.2) is 27.0 Å². The van der Waals surface area contributed by atoms with Crippen molar-refractivity contribution in [1.29, 1.82) is 0 Å². The summed E-state index contributed by atoms with van der Waals surface area (Å²) in [5, 5.41) is 5.17. The number of anilines is 4. The molecule has 246 valence electrons. The van der Waals surface area contributed by atoms with E-state index in [9.17, 15) is 26.8 Å². The summed E-state index contributed by atoms with van der Waals surface area (Å²) >= 11 is 0. The predicted octanol–water partition coefficient (Wildman–Crippen LogP) is 6.19. The second-order valence-corrected chi connectivity index (χ2v) is 12.9.